The Morgan fingerprint density at radius 3 is 2.86 bits per heavy atom. The van der Waals surface area contributed by atoms with Crippen LogP contribution in [0.1, 0.15) is 34.4 Å². The fraction of sp³-hybridized carbons (Fsp3) is 0.238. The summed E-state index contributed by atoms with van der Waals surface area (Å²) in [6.07, 6.45) is 4.04. The summed E-state index contributed by atoms with van der Waals surface area (Å²) in [5.74, 6) is 0.777. The first-order chi connectivity index (χ1) is 14.2. The molecule has 0 bridgehead atoms. The highest BCUT2D eigenvalue weighted by Gasteiger charge is 2.32. The molecule has 0 aliphatic carbocycles. The topological polar surface area (TPSA) is 97.9 Å². The molecule has 1 aromatic carbocycles. The Morgan fingerprint density at radius 1 is 1.10 bits per heavy atom. The quantitative estimate of drug-likeness (QED) is 0.534. The SMILES string of the molecule is Cc1cnc(-c2nnc([C@H]3CCN(C(=O)c4ccc5ccccc5n4)C3)o2)cn1. The molecule has 8 nitrogen and oxygen atoms in total. The van der Waals surface area contributed by atoms with Gasteiger partial charge in [0, 0.05) is 24.7 Å². The average molecular weight is 386 g/mol. The molecule has 0 radical (unpaired) electrons. The van der Waals surface area contributed by atoms with Gasteiger partial charge in [-0.1, -0.05) is 24.3 Å². The highest BCUT2D eigenvalue weighted by atomic mass is 16.4. The van der Waals surface area contributed by atoms with Gasteiger partial charge < -0.3 is 9.32 Å². The van der Waals surface area contributed by atoms with E-state index in [0.717, 1.165) is 23.0 Å². The van der Waals surface area contributed by atoms with Crippen LogP contribution in [0.4, 0.5) is 0 Å². The van der Waals surface area contributed by atoms with Gasteiger partial charge in [0.25, 0.3) is 11.8 Å². The zero-order chi connectivity index (χ0) is 19.8. The summed E-state index contributed by atoms with van der Waals surface area (Å²) in [7, 11) is 0. The number of hydrogen-bond acceptors (Lipinski definition) is 7. The van der Waals surface area contributed by atoms with Gasteiger partial charge in [-0.3, -0.25) is 9.78 Å². The van der Waals surface area contributed by atoms with Gasteiger partial charge in [-0.2, -0.15) is 0 Å². The molecule has 1 atom stereocenters. The van der Waals surface area contributed by atoms with Crippen molar-refractivity contribution in [2.45, 2.75) is 19.3 Å². The number of benzene rings is 1. The third kappa shape index (κ3) is 3.33. The van der Waals surface area contributed by atoms with Crippen LogP contribution in [0.15, 0.2) is 53.2 Å². The van der Waals surface area contributed by atoms with Crippen LogP contribution in [0.25, 0.3) is 22.5 Å². The third-order valence-electron chi connectivity index (χ3n) is 5.08. The summed E-state index contributed by atoms with van der Waals surface area (Å²) >= 11 is 0. The lowest BCUT2D eigenvalue weighted by molar-refractivity contribution is 0.0784. The fourth-order valence-corrected chi connectivity index (χ4v) is 3.50. The number of rotatable bonds is 3. The number of aryl methyl sites for hydroxylation is 1. The van der Waals surface area contributed by atoms with Crippen LogP contribution in [0.5, 0.6) is 0 Å². The maximum atomic E-state index is 12.9. The van der Waals surface area contributed by atoms with Gasteiger partial charge in [0.05, 0.1) is 23.3 Å². The molecule has 3 aromatic heterocycles. The highest BCUT2D eigenvalue weighted by molar-refractivity contribution is 5.95. The Balaban J connectivity index is 1.32. The van der Waals surface area contributed by atoms with E-state index in [9.17, 15) is 4.79 Å². The lowest BCUT2D eigenvalue weighted by Crippen LogP contribution is -2.29. The van der Waals surface area contributed by atoms with E-state index >= 15 is 0 Å². The monoisotopic (exact) mass is 386 g/mol. The molecular weight excluding hydrogens is 368 g/mol. The van der Waals surface area contributed by atoms with Crippen LogP contribution in [0.3, 0.4) is 0 Å². The van der Waals surface area contributed by atoms with Gasteiger partial charge in [0.15, 0.2) is 0 Å². The molecule has 0 spiro atoms. The largest absolute Gasteiger partial charge is 0.419 e. The summed E-state index contributed by atoms with van der Waals surface area (Å²) in [5, 5.41) is 9.27. The van der Waals surface area contributed by atoms with Crippen molar-refractivity contribution in [3.05, 3.63) is 66.1 Å². The number of hydrogen-bond donors (Lipinski definition) is 0. The maximum absolute atomic E-state index is 12.9. The molecule has 0 unspecified atom stereocenters. The molecule has 1 fully saturated rings. The first kappa shape index (κ1) is 17.4. The molecule has 29 heavy (non-hydrogen) atoms. The second-order valence-electron chi connectivity index (χ2n) is 7.11. The van der Waals surface area contributed by atoms with Crippen molar-refractivity contribution in [1.29, 1.82) is 0 Å². The molecule has 0 N–H and O–H groups in total. The van der Waals surface area contributed by atoms with E-state index in [-0.39, 0.29) is 11.8 Å². The summed E-state index contributed by atoms with van der Waals surface area (Å²) in [4.78, 5) is 27.7. The lowest BCUT2D eigenvalue weighted by Gasteiger charge is -2.15. The Labute approximate surface area is 166 Å². The van der Waals surface area contributed by atoms with Gasteiger partial charge in [0.2, 0.25) is 5.89 Å². The van der Waals surface area contributed by atoms with E-state index in [4.69, 9.17) is 4.42 Å². The summed E-state index contributed by atoms with van der Waals surface area (Å²) in [5.41, 5.74) is 2.63. The molecule has 0 saturated carbocycles. The van der Waals surface area contributed by atoms with Crippen molar-refractivity contribution < 1.29 is 9.21 Å². The predicted molar refractivity (Wildman–Crippen MR) is 105 cm³/mol. The number of carbonyl (C=O) groups is 1. The molecule has 1 amide bonds. The molecule has 1 saturated heterocycles. The Hall–Kier alpha value is -3.68. The Kier molecular flexibility index (Phi) is 4.23. The van der Waals surface area contributed by atoms with Crippen molar-refractivity contribution in [1.82, 2.24) is 30.0 Å². The molecule has 144 valence electrons. The van der Waals surface area contributed by atoms with E-state index in [0.29, 0.717) is 36.3 Å². The van der Waals surface area contributed by atoms with Crippen LogP contribution < -0.4 is 0 Å². The van der Waals surface area contributed by atoms with Crippen LogP contribution in [0, 0.1) is 6.92 Å². The van der Waals surface area contributed by atoms with Crippen molar-refractivity contribution in [3.63, 3.8) is 0 Å². The summed E-state index contributed by atoms with van der Waals surface area (Å²) in [6.45, 7) is 3.01. The number of carbonyl (C=O) groups excluding carboxylic acids is 1. The zero-order valence-corrected chi connectivity index (χ0v) is 15.8. The predicted octanol–water partition coefficient (Wildman–Crippen LogP) is 3.01. The number of para-hydroxylation sites is 1. The number of amides is 1. The molecular formula is C21H18N6O2. The van der Waals surface area contributed by atoms with Crippen LogP contribution in [0.2, 0.25) is 0 Å². The number of likely N-dealkylation sites (tertiary alicyclic amines) is 1. The number of fused-ring (bicyclic) bond motifs is 1. The van der Waals surface area contributed by atoms with Crippen LogP contribution in [-0.2, 0) is 0 Å². The van der Waals surface area contributed by atoms with Crippen molar-refractivity contribution in [3.8, 4) is 11.6 Å². The maximum Gasteiger partial charge on any atom is 0.272 e. The van der Waals surface area contributed by atoms with Gasteiger partial charge in [-0.25, -0.2) is 9.97 Å². The minimum atomic E-state index is -0.0811. The van der Waals surface area contributed by atoms with Gasteiger partial charge in [-0.05, 0) is 25.5 Å². The van der Waals surface area contributed by atoms with E-state index in [1.807, 2.05) is 37.3 Å². The molecule has 4 heterocycles. The van der Waals surface area contributed by atoms with Crippen molar-refractivity contribution in [2.75, 3.05) is 13.1 Å². The van der Waals surface area contributed by atoms with Gasteiger partial charge >= 0.3 is 0 Å². The smallest absolute Gasteiger partial charge is 0.272 e. The highest BCUT2D eigenvalue weighted by Crippen LogP contribution is 2.29. The lowest BCUT2D eigenvalue weighted by atomic mass is 10.1. The zero-order valence-electron chi connectivity index (χ0n) is 15.8. The summed E-state index contributed by atoms with van der Waals surface area (Å²) < 4.78 is 5.81. The standard InChI is InChI=1S/C21H18N6O2/c1-13-10-23-18(11-22-13)20-26-25-19(29-20)15-8-9-27(12-15)21(28)17-7-6-14-4-2-3-5-16(14)24-17/h2-7,10-11,15H,8-9,12H2,1H3/t15-/m0/s1. The number of pyridine rings is 1. The van der Waals surface area contributed by atoms with E-state index in [1.54, 1.807) is 23.4 Å². The second kappa shape index (κ2) is 7.05. The minimum absolute atomic E-state index is 0.000867. The van der Waals surface area contributed by atoms with Gasteiger partial charge in [-0.15, -0.1) is 10.2 Å². The third-order valence-corrected chi connectivity index (χ3v) is 5.08. The first-order valence-electron chi connectivity index (χ1n) is 9.45. The van der Waals surface area contributed by atoms with Crippen molar-refractivity contribution >= 4 is 16.8 Å². The molecule has 1 aliphatic rings. The van der Waals surface area contributed by atoms with E-state index < -0.39 is 0 Å². The molecule has 5 rings (SSSR count). The number of nitrogens with zero attached hydrogens (tertiary/aromatic N) is 6. The molecule has 8 heteroatoms. The van der Waals surface area contributed by atoms with Crippen LogP contribution in [-0.4, -0.2) is 49.0 Å². The van der Waals surface area contributed by atoms with Gasteiger partial charge in [0.1, 0.15) is 11.4 Å². The normalized spacial score (nSPS) is 16.4. The minimum Gasteiger partial charge on any atom is -0.419 e. The Morgan fingerprint density at radius 2 is 2.00 bits per heavy atom. The summed E-state index contributed by atoms with van der Waals surface area (Å²) in [6, 6.07) is 11.5. The van der Waals surface area contributed by atoms with E-state index in [1.165, 1.54) is 0 Å². The average Bonchev–Trinajstić information content (AvgIpc) is 3.43. The Bertz CT molecular complexity index is 1190. The van der Waals surface area contributed by atoms with Crippen LogP contribution >= 0.6 is 0 Å². The fourth-order valence-electron chi connectivity index (χ4n) is 3.50. The number of aromatic nitrogens is 5. The second-order valence-corrected chi connectivity index (χ2v) is 7.11. The van der Waals surface area contributed by atoms with Crippen molar-refractivity contribution in [2.24, 2.45) is 0 Å². The van der Waals surface area contributed by atoms with E-state index in [2.05, 4.69) is 25.1 Å². The molecule has 4 aromatic rings. The first-order valence-corrected chi connectivity index (χ1v) is 9.45. The molecule has 1 aliphatic heterocycles.